The maximum absolute atomic E-state index is 12.9. The minimum atomic E-state index is -0.287. The second-order valence-electron chi connectivity index (χ2n) is 6.33. The van der Waals surface area contributed by atoms with Crippen molar-refractivity contribution in [1.82, 2.24) is 19.9 Å². The van der Waals surface area contributed by atoms with Gasteiger partial charge in [0.1, 0.15) is 18.2 Å². The highest BCUT2D eigenvalue weighted by molar-refractivity contribution is 5.53. The zero-order valence-electron chi connectivity index (χ0n) is 15.8. The maximum atomic E-state index is 12.9. The highest BCUT2D eigenvalue weighted by Gasteiger charge is 2.17. The van der Waals surface area contributed by atoms with E-state index in [-0.39, 0.29) is 17.8 Å². The van der Waals surface area contributed by atoms with Gasteiger partial charge < -0.3 is 15.8 Å². The van der Waals surface area contributed by atoms with Crippen LogP contribution in [0.1, 0.15) is 18.8 Å². The molecular formula is C20H23FN6O. The van der Waals surface area contributed by atoms with Crippen molar-refractivity contribution in [2.24, 2.45) is 0 Å². The van der Waals surface area contributed by atoms with Crippen LogP contribution in [0.25, 0.3) is 0 Å². The van der Waals surface area contributed by atoms with Gasteiger partial charge in [0.05, 0.1) is 6.04 Å². The normalized spacial score (nSPS) is 12.0. The number of hydrogen-bond acceptors (Lipinski definition) is 7. The lowest BCUT2D eigenvalue weighted by molar-refractivity contribution is 0.196. The van der Waals surface area contributed by atoms with Gasteiger partial charge in [-0.25, -0.2) is 4.39 Å². The molecule has 0 unspecified atom stereocenters. The van der Waals surface area contributed by atoms with E-state index in [1.165, 1.54) is 12.1 Å². The molecule has 28 heavy (non-hydrogen) atoms. The number of anilines is 3. The molecule has 1 atom stereocenters. The second kappa shape index (κ2) is 9.09. The number of benzene rings is 2. The Morgan fingerprint density at radius 3 is 2.50 bits per heavy atom. The van der Waals surface area contributed by atoms with Crippen molar-refractivity contribution < 1.29 is 9.13 Å². The molecule has 3 N–H and O–H groups in total. The second-order valence-corrected chi connectivity index (χ2v) is 6.33. The Kier molecular flexibility index (Phi) is 6.33. The fraction of sp³-hybridized carbons (Fsp3) is 0.250. The van der Waals surface area contributed by atoms with Crippen molar-refractivity contribution in [3.05, 3.63) is 66.2 Å². The summed E-state index contributed by atoms with van der Waals surface area (Å²) in [5, 5.41) is 3.13. The van der Waals surface area contributed by atoms with Gasteiger partial charge in [-0.2, -0.15) is 15.0 Å². The van der Waals surface area contributed by atoms with E-state index in [9.17, 15) is 4.39 Å². The molecule has 0 amide bonds. The maximum Gasteiger partial charge on any atom is 0.232 e. The van der Waals surface area contributed by atoms with Crippen LogP contribution in [-0.4, -0.2) is 40.1 Å². The molecule has 0 spiro atoms. The van der Waals surface area contributed by atoms with E-state index in [0.29, 0.717) is 30.7 Å². The zero-order valence-corrected chi connectivity index (χ0v) is 15.8. The average molecular weight is 382 g/mol. The summed E-state index contributed by atoms with van der Waals surface area (Å²) < 4.78 is 18.6. The summed E-state index contributed by atoms with van der Waals surface area (Å²) in [5.74, 6) is 1.46. The highest BCUT2D eigenvalue weighted by Crippen LogP contribution is 2.19. The molecule has 3 aromatic rings. The molecule has 8 heteroatoms. The number of halogens is 1. The van der Waals surface area contributed by atoms with E-state index in [1.54, 1.807) is 12.1 Å². The van der Waals surface area contributed by atoms with Crippen LogP contribution in [0.15, 0.2) is 54.6 Å². The molecule has 2 aromatic carbocycles. The van der Waals surface area contributed by atoms with Crippen LogP contribution in [-0.2, 0) is 0 Å². The fourth-order valence-corrected chi connectivity index (χ4v) is 2.53. The Hall–Kier alpha value is -3.26. The van der Waals surface area contributed by atoms with E-state index < -0.39 is 0 Å². The summed E-state index contributed by atoms with van der Waals surface area (Å²) in [6, 6.07) is 15.5. The number of nitrogens with zero attached hydrogens (tertiary/aromatic N) is 4. The van der Waals surface area contributed by atoms with Crippen LogP contribution in [0.3, 0.4) is 0 Å². The first kappa shape index (κ1) is 19.5. The molecule has 0 radical (unpaired) electrons. The minimum absolute atomic E-state index is 0.0987. The summed E-state index contributed by atoms with van der Waals surface area (Å²) in [6.07, 6.45) is 0. The van der Waals surface area contributed by atoms with Crippen molar-refractivity contribution >= 4 is 17.6 Å². The monoisotopic (exact) mass is 382 g/mol. The van der Waals surface area contributed by atoms with Gasteiger partial charge in [-0.1, -0.05) is 18.2 Å². The van der Waals surface area contributed by atoms with Crippen LogP contribution in [0, 0.1) is 5.82 Å². The lowest BCUT2D eigenvalue weighted by Gasteiger charge is -2.23. The van der Waals surface area contributed by atoms with Crippen molar-refractivity contribution in [3.63, 3.8) is 0 Å². The quantitative estimate of drug-likeness (QED) is 0.617. The number of ether oxygens (including phenoxy) is 1. The number of nitrogens with two attached hydrogens (primary N) is 1. The number of para-hydroxylation sites is 1. The van der Waals surface area contributed by atoms with Crippen LogP contribution < -0.4 is 15.8 Å². The van der Waals surface area contributed by atoms with Gasteiger partial charge in [0.15, 0.2) is 5.82 Å². The Labute approximate surface area is 163 Å². The summed E-state index contributed by atoms with van der Waals surface area (Å²) in [5.41, 5.74) is 6.73. The predicted molar refractivity (Wildman–Crippen MR) is 107 cm³/mol. The number of likely N-dealkylation sites (N-methyl/N-ethyl adjacent to an activating group) is 1. The number of nitrogen functional groups attached to an aromatic ring is 1. The summed E-state index contributed by atoms with van der Waals surface area (Å²) in [7, 11) is 1.95. The van der Waals surface area contributed by atoms with E-state index >= 15 is 0 Å². The van der Waals surface area contributed by atoms with Gasteiger partial charge in [-0.15, -0.1) is 0 Å². The zero-order chi connectivity index (χ0) is 19.9. The Morgan fingerprint density at radius 1 is 1.07 bits per heavy atom. The molecule has 146 valence electrons. The first-order chi connectivity index (χ1) is 13.5. The number of nitrogens with one attached hydrogen (secondary N) is 1. The number of hydrogen-bond donors (Lipinski definition) is 2. The van der Waals surface area contributed by atoms with Gasteiger partial charge in [-0.3, -0.25) is 4.90 Å². The Morgan fingerprint density at radius 2 is 1.79 bits per heavy atom. The molecule has 1 aromatic heterocycles. The number of rotatable bonds is 8. The molecule has 3 rings (SSSR count). The third kappa shape index (κ3) is 5.37. The van der Waals surface area contributed by atoms with Gasteiger partial charge in [0.2, 0.25) is 11.9 Å². The molecule has 0 fully saturated rings. The number of aromatic nitrogens is 3. The van der Waals surface area contributed by atoms with Crippen molar-refractivity contribution in [3.8, 4) is 5.75 Å². The molecule has 7 nitrogen and oxygen atoms in total. The lowest BCUT2D eigenvalue weighted by Crippen LogP contribution is -2.29. The molecule has 0 aliphatic carbocycles. The van der Waals surface area contributed by atoms with Crippen molar-refractivity contribution in [1.29, 1.82) is 0 Å². The van der Waals surface area contributed by atoms with Gasteiger partial charge in [0, 0.05) is 12.2 Å². The van der Waals surface area contributed by atoms with Gasteiger partial charge in [-0.05, 0) is 50.4 Å². The fourth-order valence-electron chi connectivity index (χ4n) is 2.53. The Bertz CT molecular complexity index is 891. The molecular weight excluding hydrogens is 359 g/mol. The summed E-state index contributed by atoms with van der Waals surface area (Å²) in [4.78, 5) is 14.9. The van der Waals surface area contributed by atoms with Crippen molar-refractivity contribution in [2.45, 2.75) is 13.0 Å². The molecule has 1 heterocycles. The van der Waals surface area contributed by atoms with Crippen LogP contribution in [0.2, 0.25) is 0 Å². The van der Waals surface area contributed by atoms with Gasteiger partial charge in [0.25, 0.3) is 0 Å². The van der Waals surface area contributed by atoms with Crippen LogP contribution >= 0.6 is 0 Å². The lowest BCUT2D eigenvalue weighted by atomic mass is 10.3. The van der Waals surface area contributed by atoms with Crippen molar-refractivity contribution in [2.75, 3.05) is 31.2 Å². The topological polar surface area (TPSA) is 89.2 Å². The van der Waals surface area contributed by atoms with Gasteiger partial charge >= 0.3 is 0 Å². The third-order valence-electron chi connectivity index (χ3n) is 4.26. The molecule has 0 bridgehead atoms. The average Bonchev–Trinajstić information content (AvgIpc) is 2.69. The summed E-state index contributed by atoms with van der Waals surface area (Å²) >= 11 is 0. The Balaban J connectivity index is 1.60. The predicted octanol–water partition coefficient (Wildman–Crippen LogP) is 3.41. The largest absolute Gasteiger partial charge is 0.492 e. The van der Waals surface area contributed by atoms with E-state index in [0.717, 1.165) is 5.69 Å². The molecule has 0 saturated carbocycles. The highest BCUT2D eigenvalue weighted by atomic mass is 19.1. The first-order valence-electron chi connectivity index (χ1n) is 8.93. The van der Waals surface area contributed by atoms with Crippen LogP contribution in [0.4, 0.5) is 22.0 Å². The van der Waals surface area contributed by atoms with E-state index in [2.05, 4.69) is 20.3 Å². The SMILES string of the molecule is C[C@@H](c1nc(N)nc(Nc2ccccc2)n1)N(C)CCOc1ccc(F)cc1. The summed E-state index contributed by atoms with van der Waals surface area (Å²) in [6.45, 7) is 3.06. The smallest absolute Gasteiger partial charge is 0.232 e. The minimum Gasteiger partial charge on any atom is -0.492 e. The van der Waals surface area contributed by atoms with E-state index in [4.69, 9.17) is 10.5 Å². The third-order valence-corrected chi connectivity index (χ3v) is 4.26. The molecule has 0 aliphatic heterocycles. The van der Waals surface area contributed by atoms with Crippen LogP contribution in [0.5, 0.6) is 5.75 Å². The molecule has 0 saturated heterocycles. The van der Waals surface area contributed by atoms with E-state index in [1.807, 2.05) is 49.2 Å². The molecule has 0 aliphatic rings. The first-order valence-corrected chi connectivity index (χ1v) is 8.93. The standard InChI is InChI=1S/C20H23FN6O/c1-14(27(2)12-13-28-17-10-8-15(21)9-11-17)18-24-19(22)26-20(25-18)23-16-6-4-3-5-7-16/h3-11,14H,12-13H2,1-2H3,(H3,22,23,24,25,26)/t14-/m0/s1.